The number of benzene rings is 6. The van der Waals surface area contributed by atoms with Crippen molar-refractivity contribution in [1.29, 1.82) is 0 Å². The van der Waals surface area contributed by atoms with Crippen LogP contribution in [-0.4, -0.2) is 42.9 Å². The Morgan fingerprint density at radius 1 is 0.429 bits per heavy atom. The van der Waals surface area contributed by atoms with E-state index in [1.807, 2.05) is 0 Å². The summed E-state index contributed by atoms with van der Waals surface area (Å²) in [4.78, 5) is 66.2. The number of carbonyl (C=O) groups is 4. The Morgan fingerprint density at radius 2 is 0.766 bits per heavy atom. The van der Waals surface area contributed by atoms with E-state index in [0.29, 0.717) is 38.9 Å². The fourth-order valence-corrected chi connectivity index (χ4v) is 7.39. The lowest BCUT2D eigenvalue weighted by atomic mass is 10.0. The fraction of sp³-hybridized carbons (Fsp3) is 0.0769. The predicted octanol–water partition coefficient (Wildman–Crippen LogP) is 15.5. The largest absolute Gasteiger partial charge is 0.417 e. The molecule has 396 valence electrons. The molecule has 0 saturated carbocycles. The molecule has 77 heavy (non-hydrogen) atoms. The average molecular weight is 1140 g/mol. The normalized spacial score (nSPS) is 11.5. The Hall–Kier alpha value is -8.21. The maximum Gasteiger partial charge on any atom is 0.417 e. The second-order valence-electron chi connectivity index (χ2n) is 15.4. The SMILES string of the molecule is O=C(Cl)c1ccccc1C(F)(F)F.O=C(Nc1ncncc1-c1ccc(Cl)cc1)c1ccccc1C(F)(F)F.O=C(c1ccccc1C(F)(F)F)N(C(=O)c1ccccc1C(F)(F)F)c1ncncc1-c1ccc(Cl)cc1. The maximum absolute atomic E-state index is 13.8. The van der Waals surface area contributed by atoms with Crippen LogP contribution in [0.15, 0.2) is 171 Å². The highest BCUT2D eigenvalue weighted by molar-refractivity contribution is 6.68. The third-order valence-corrected chi connectivity index (χ3v) is 11.1. The highest BCUT2D eigenvalue weighted by Crippen LogP contribution is 2.39. The molecule has 10 nitrogen and oxygen atoms in total. The van der Waals surface area contributed by atoms with Crippen LogP contribution in [0.3, 0.4) is 0 Å². The molecule has 2 aromatic heterocycles. The number of aromatic nitrogens is 4. The third-order valence-electron chi connectivity index (χ3n) is 10.4. The summed E-state index contributed by atoms with van der Waals surface area (Å²) in [5.41, 5.74) is -6.30. The summed E-state index contributed by atoms with van der Waals surface area (Å²) in [7, 11) is 0. The molecule has 0 aliphatic carbocycles. The number of carbonyl (C=O) groups excluding carboxylic acids is 4. The van der Waals surface area contributed by atoms with Gasteiger partial charge in [0.15, 0.2) is 5.82 Å². The zero-order valence-electron chi connectivity index (χ0n) is 38.2. The van der Waals surface area contributed by atoms with Gasteiger partial charge in [0.2, 0.25) is 0 Å². The van der Waals surface area contributed by atoms with Gasteiger partial charge in [0.05, 0.1) is 38.9 Å². The molecule has 0 aliphatic rings. The van der Waals surface area contributed by atoms with Crippen LogP contribution >= 0.6 is 34.8 Å². The molecule has 0 radical (unpaired) electrons. The second-order valence-corrected chi connectivity index (χ2v) is 16.6. The standard InChI is InChI=1S/C26H14ClF6N3O2.C18H11ClF3N3O.C8H4ClF3O/c27-16-11-9-15(10-12-16)19-13-34-14-35-22(19)36(23(37)17-5-1-3-7-20(17)25(28,29)30)24(38)18-6-2-4-8-21(18)26(31,32)33;19-12-7-5-11(6-8-12)14-9-23-10-24-16(14)25-17(26)13-3-1-2-4-15(13)18(20,21)22;9-7(13)5-3-1-2-4-6(5)8(10,11)12/h1-14H;1-10H,(H,23,24,25,26);1-4H. The highest BCUT2D eigenvalue weighted by atomic mass is 35.5. The topological polar surface area (TPSA) is 135 Å². The van der Waals surface area contributed by atoms with Crippen LogP contribution in [0.4, 0.5) is 64.3 Å². The van der Waals surface area contributed by atoms with Gasteiger partial charge in [0.1, 0.15) is 18.5 Å². The van der Waals surface area contributed by atoms with Gasteiger partial charge in [-0.25, -0.2) is 24.8 Å². The van der Waals surface area contributed by atoms with Crippen LogP contribution in [0.2, 0.25) is 10.0 Å². The van der Waals surface area contributed by atoms with Crippen molar-refractivity contribution in [1.82, 2.24) is 19.9 Å². The van der Waals surface area contributed by atoms with Crippen LogP contribution in [0.5, 0.6) is 0 Å². The molecule has 0 bridgehead atoms. The number of amides is 3. The third kappa shape index (κ3) is 14.6. The van der Waals surface area contributed by atoms with Crippen molar-refractivity contribution in [2.75, 3.05) is 10.2 Å². The Labute approximate surface area is 441 Å². The molecular formula is C52H29Cl3F12N6O4. The number of rotatable bonds is 8. The van der Waals surface area contributed by atoms with E-state index in [2.05, 4.69) is 25.3 Å². The maximum atomic E-state index is 13.8. The number of nitrogens with zero attached hydrogens (tertiary/aromatic N) is 5. The first-order chi connectivity index (χ1) is 36.2. The van der Waals surface area contributed by atoms with E-state index >= 15 is 0 Å². The molecule has 0 fully saturated rings. The lowest BCUT2D eigenvalue weighted by Gasteiger charge is -2.25. The Balaban J connectivity index is 0.000000211. The summed E-state index contributed by atoms with van der Waals surface area (Å²) in [5.74, 6) is -4.40. The first-order valence-corrected chi connectivity index (χ1v) is 22.5. The fourth-order valence-electron chi connectivity index (χ4n) is 6.97. The molecule has 0 atom stereocenters. The molecular weight excluding hydrogens is 1110 g/mol. The number of anilines is 2. The van der Waals surface area contributed by atoms with Gasteiger partial charge < -0.3 is 5.32 Å². The van der Waals surface area contributed by atoms with Crippen molar-refractivity contribution in [3.05, 3.63) is 225 Å². The number of nitrogens with one attached hydrogen (secondary N) is 1. The number of imide groups is 1. The smallest absolute Gasteiger partial charge is 0.306 e. The van der Waals surface area contributed by atoms with E-state index in [4.69, 9.17) is 34.8 Å². The van der Waals surface area contributed by atoms with Gasteiger partial charge in [0, 0.05) is 39.1 Å². The van der Waals surface area contributed by atoms with Gasteiger partial charge in [0.25, 0.3) is 23.0 Å². The minimum atomic E-state index is -5.00. The lowest BCUT2D eigenvalue weighted by Crippen LogP contribution is -2.40. The summed E-state index contributed by atoms with van der Waals surface area (Å²) in [6.07, 6.45) is -14.4. The minimum Gasteiger partial charge on any atom is -0.306 e. The molecule has 0 aliphatic heterocycles. The van der Waals surface area contributed by atoms with Gasteiger partial charge in [-0.3, -0.25) is 19.2 Å². The molecule has 8 rings (SSSR count). The van der Waals surface area contributed by atoms with Gasteiger partial charge in [-0.1, -0.05) is 96.0 Å². The van der Waals surface area contributed by atoms with E-state index in [1.54, 1.807) is 24.3 Å². The van der Waals surface area contributed by atoms with Gasteiger partial charge in [-0.15, -0.1) is 0 Å². The second kappa shape index (κ2) is 24.2. The van der Waals surface area contributed by atoms with Crippen molar-refractivity contribution < 1.29 is 71.9 Å². The van der Waals surface area contributed by atoms with E-state index < -0.39 is 98.0 Å². The van der Waals surface area contributed by atoms with Crippen molar-refractivity contribution in [3.63, 3.8) is 0 Å². The van der Waals surface area contributed by atoms with Crippen LogP contribution in [-0.2, 0) is 24.7 Å². The molecule has 3 amide bonds. The van der Waals surface area contributed by atoms with E-state index in [1.165, 1.54) is 67.3 Å². The highest BCUT2D eigenvalue weighted by Gasteiger charge is 2.42. The van der Waals surface area contributed by atoms with Crippen molar-refractivity contribution in [2.24, 2.45) is 0 Å². The average Bonchev–Trinajstić information content (AvgIpc) is 3.39. The van der Waals surface area contributed by atoms with E-state index in [0.717, 1.165) is 67.0 Å². The quantitative estimate of drug-likeness (QED) is 0.0903. The number of hydrogen-bond acceptors (Lipinski definition) is 8. The molecule has 0 spiro atoms. The monoisotopic (exact) mass is 1130 g/mol. The molecule has 1 N–H and O–H groups in total. The van der Waals surface area contributed by atoms with Crippen molar-refractivity contribution in [2.45, 2.75) is 24.7 Å². The molecule has 2 heterocycles. The van der Waals surface area contributed by atoms with Gasteiger partial charge in [-0.2, -0.15) is 52.7 Å². The zero-order chi connectivity index (χ0) is 56.5. The Morgan fingerprint density at radius 3 is 1.17 bits per heavy atom. The summed E-state index contributed by atoms with van der Waals surface area (Å²) >= 11 is 16.8. The summed E-state index contributed by atoms with van der Waals surface area (Å²) in [6.45, 7) is 0. The first-order valence-electron chi connectivity index (χ1n) is 21.3. The van der Waals surface area contributed by atoms with Gasteiger partial charge >= 0.3 is 24.7 Å². The van der Waals surface area contributed by atoms with E-state index in [9.17, 15) is 71.9 Å². The summed E-state index contributed by atoms with van der Waals surface area (Å²) in [6, 6.07) is 28.7. The lowest BCUT2D eigenvalue weighted by molar-refractivity contribution is -0.138. The zero-order valence-corrected chi connectivity index (χ0v) is 40.5. The summed E-state index contributed by atoms with van der Waals surface area (Å²) < 4.78 is 158. The molecule has 0 saturated heterocycles. The number of hydrogen-bond donors (Lipinski definition) is 1. The van der Waals surface area contributed by atoms with Gasteiger partial charge in [-0.05, 0) is 95.5 Å². The molecule has 8 aromatic rings. The van der Waals surface area contributed by atoms with Crippen LogP contribution in [0, 0.1) is 0 Å². The van der Waals surface area contributed by atoms with Crippen molar-refractivity contribution in [3.8, 4) is 22.3 Å². The minimum absolute atomic E-state index is 0.0140. The molecule has 6 aromatic carbocycles. The molecule has 25 heteroatoms. The van der Waals surface area contributed by atoms with Crippen LogP contribution < -0.4 is 10.2 Å². The van der Waals surface area contributed by atoms with Crippen molar-refractivity contribution >= 4 is 69.4 Å². The van der Waals surface area contributed by atoms with Crippen LogP contribution in [0.1, 0.15) is 63.7 Å². The molecule has 0 unspecified atom stereocenters. The number of halogens is 15. The first kappa shape index (κ1) is 58.1. The van der Waals surface area contributed by atoms with Crippen LogP contribution in [0.25, 0.3) is 22.3 Å². The Bertz CT molecular complexity index is 3360. The Kier molecular flexibility index (Phi) is 18.2. The number of alkyl halides is 12. The predicted molar refractivity (Wildman–Crippen MR) is 260 cm³/mol. The van der Waals surface area contributed by atoms with E-state index in [-0.39, 0.29) is 16.3 Å². The summed E-state index contributed by atoms with van der Waals surface area (Å²) in [5, 5.41) is 2.18.